The Bertz CT molecular complexity index is 338. The molecule has 0 heterocycles. The topological polar surface area (TPSA) is 46.2 Å². The molecule has 1 aromatic rings. The van der Waals surface area contributed by atoms with E-state index in [4.69, 9.17) is 5.73 Å². The second-order valence-electron chi connectivity index (χ2n) is 4.62. The monoisotopic (exact) mass is 241 g/mol. The van der Waals surface area contributed by atoms with Gasteiger partial charge in [0, 0.05) is 0 Å². The molecule has 0 radical (unpaired) electrons. The van der Waals surface area contributed by atoms with Crippen LogP contribution >= 0.6 is 12.4 Å². The van der Waals surface area contributed by atoms with Gasteiger partial charge in [0.25, 0.3) is 0 Å². The van der Waals surface area contributed by atoms with Crippen LogP contribution in [0.5, 0.6) is 0 Å². The molecule has 90 valence electrons. The van der Waals surface area contributed by atoms with Crippen LogP contribution in [0.25, 0.3) is 0 Å². The maximum atomic E-state index is 10.1. The fourth-order valence-corrected chi connectivity index (χ4v) is 2.15. The van der Waals surface area contributed by atoms with Crippen LogP contribution in [0.3, 0.4) is 0 Å². The summed E-state index contributed by atoms with van der Waals surface area (Å²) in [7, 11) is 0. The van der Waals surface area contributed by atoms with Crippen molar-refractivity contribution in [3.8, 4) is 0 Å². The third-order valence-corrected chi connectivity index (χ3v) is 3.43. The number of nitrogens with two attached hydrogens (primary N) is 1. The van der Waals surface area contributed by atoms with Crippen molar-refractivity contribution >= 4 is 12.4 Å². The minimum absolute atomic E-state index is 0. The first-order valence-corrected chi connectivity index (χ1v) is 5.68. The summed E-state index contributed by atoms with van der Waals surface area (Å²) in [5.74, 6) is 0.417. The number of aryl methyl sites for hydroxylation is 1. The Labute approximate surface area is 103 Å². The summed E-state index contributed by atoms with van der Waals surface area (Å²) in [5, 5.41) is 10.1. The Balaban J connectivity index is 0.00000128. The molecule has 1 aliphatic carbocycles. The molecule has 16 heavy (non-hydrogen) atoms. The molecule has 3 heteroatoms. The molecule has 0 aliphatic heterocycles. The molecule has 1 aliphatic rings. The van der Waals surface area contributed by atoms with Crippen LogP contribution < -0.4 is 5.73 Å². The van der Waals surface area contributed by atoms with Gasteiger partial charge in [-0.2, -0.15) is 0 Å². The largest absolute Gasteiger partial charge is 0.391 e. The molecule has 1 aromatic carbocycles. The minimum Gasteiger partial charge on any atom is -0.391 e. The molecule has 2 nitrogen and oxygen atoms in total. The summed E-state index contributed by atoms with van der Waals surface area (Å²) >= 11 is 0. The van der Waals surface area contributed by atoms with Crippen LogP contribution in [-0.2, 0) is 0 Å². The molecule has 0 saturated heterocycles. The predicted octanol–water partition coefficient (Wildman–Crippen LogP) is 2.58. The second kappa shape index (κ2) is 5.67. The van der Waals surface area contributed by atoms with Crippen LogP contribution in [0, 0.1) is 12.8 Å². The minimum atomic E-state index is -0.374. The lowest BCUT2D eigenvalue weighted by Gasteiger charge is -2.33. The summed E-state index contributed by atoms with van der Waals surface area (Å²) in [6, 6.07) is 7.88. The quantitative estimate of drug-likeness (QED) is 0.855. The van der Waals surface area contributed by atoms with Gasteiger partial charge in [-0.25, -0.2) is 0 Å². The van der Waals surface area contributed by atoms with Crippen molar-refractivity contribution in [3.63, 3.8) is 0 Å². The first-order valence-electron chi connectivity index (χ1n) is 5.68. The highest BCUT2D eigenvalue weighted by atomic mass is 35.5. The molecule has 0 aromatic heterocycles. The van der Waals surface area contributed by atoms with Gasteiger partial charge in [0.1, 0.15) is 0 Å². The molecule has 1 saturated carbocycles. The lowest BCUT2D eigenvalue weighted by Crippen LogP contribution is -2.36. The summed E-state index contributed by atoms with van der Waals surface area (Å²) in [6.07, 6.45) is 3.12. The van der Waals surface area contributed by atoms with E-state index in [2.05, 4.69) is 6.07 Å². The number of aliphatic hydroxyl groups is 1. The molecular weight excluding hydrogens is 222 g/mol. The summed E-state index contributed by atoms with van der Waals surface area (Å²) in [6.45, 7) is 2.05. The fraction of sp³-hybridized carbons (Fsp3) is 0.538. The number of hydrogen-bond acceptors (Lipinski definition) is 2. The zero-order valence-corrected chi connectivity index (χ0v) is 10.4. The SMILES string of the molecule is Cc1cccc([C@@H](N)[C@@H](O)C2CCC2)c1.Cl. The lowest BCUT2D eigenvalue weighted by atomic mass is 9.77. The fourth-order valence-electron chi connectivity index (χ4n) is 2.15. The summed E-state index contributed by atoms with van der Waals surface area (Å²) in [4.78, 5) is 0. The van der Waals surface area contributed by atoms with Crippen LogP contribution in [0.1, 0.15) is 36.4 Å². The van der Waals surface area contributed by atoms with Gasteiger partial charge in [0.05, 0.1) is 12.1 Å². The van der Waals surface area contributed by atoms with Crippen molar-refractivity contribution in [2.75, 3.05) is 0 Å². The highest BCUT2D eigenvalue weighted by molar-refractivity contribution is 5.85. The van der Waals surface area contributed by atoms with Crippen molar-refractivity contribution < 1.29 is 5.11 Å². The van der Waals surface area contributed by atoms with Crippen LogP contribution in [0.15, 0.2) is 24.3 Å². The van der Waals surface area contributed by atoms with E-state index < -0.39 is 0 Å². The van der Waals surface area contributed by atoms with Crippen molar-refractivity contribution in [1.82, 2.24) is 0 Å². The molecule has 0 amide bonds. The van der Waals surface area contributed by atoms with Gasteiger partial charge in [-0.1, -0.05) is 36.2 Å². The molecule has 2 rings (SSSR count). The van der Waals surface area contributed by atoms with E-state index >= 15 is 0 Å². The number of benzene rings is 1. The molecule has 0 bridgehead atoms. The molecule has 2 atom stereocenters. The first-order chi connectivity index (χ1) is 7.18. The van der Waals surface area contributed by atoms with E-state index in [9.17, 15) is 5.11 Å². The average molecular weight is 242 g/mol. The Morgan fingerprint density at radius 1 is 1.38 bits per heavy atom. The smallest absolute Gasteiger partial charge is 0.0760 e. The lowest BCUT2D eigenvalue weighted by molar-refractivity contribution is 0.0413. The van der Waals surface area contributed by atoms with Gasteiger partial charge >= 0.3 is 0 Å². The highest BCUT2D eigenvalue weighted by Gasteiger charge is 2.30. The van der Waals surface area contributed by atoms with E-state index in [-0.39, 0.29) is 24.6 Å². The standard InChI is InChI=1S/C13H19NO.ClH/c1-9-4-2-7-11(8-9)12(14)13(15)10-5-3-6-10;/h2,4,7-8,10,12-13,15H,3,5-6,14H2,1H3;1H/t12-,13+;/m1./s1. The maximum absolute atomic E-state index is 10.1. The Hall–Kier alpha value is -0.570. The van der Waals surface area contributed by atoms with E-state index in [1.54, 1.807) is 0 Å². The Morgan fingerprint density at radius 2 is 2.06 bits per heavy atom. The summed E-state index contributed by atoms with van der Waals surface area (Å²) in [5.41, 5.74) is 8.32. The summed E-state index contributed by atoms with van der Waals surface area (Å²) < 4.78 is 0. The van der Waals surface area contributed by atoms with Crippen molar-refractivity contribution in [2.24, 2.45) is 11.7 Å². The van der Waals surface area contributed by atoms with Crippen molar-refractivity contribution in [1.29, 1.82) is 0 Å². The predicted molar refractivity (Wildman–Crippen MR) is 68.7 cm³/mol. The normalized spacial score (nSPS) is 19.4. The van der Waals surface area contributed by atoms with Crippen LogP contribution in [0.4, 0.5) is 0 Å². The van der Waals surface area contributed by atoms with Gasteiger partial charge in [-0.15, -0.1) is 12.4 Å². The molecule has 1 fully saturated rings. The number of rotatable bonds is 3. The van der Waals surface area contributed by atoms with Gasteiger partial charge in [0.2, 0.25) is 0 Å². The zero-order valence-electron chi connectivity index (χ0n) is 9.60. The van der Waals surface area contributed by atoms with Crippen molar-refractivity contribution in [2.45, 2.75) is 38.3 Å². The van der Waals surface area contributed by atoms with E-state index in [1.165, 1.54) is 12.0 Å². The van der Waals surface area contributed by atoms with Crippen molar-refractivity contribution in [3.05, 3.63) is 35.4 Å². The molecular formula is C13H20ClNO. The van der Waals surface area contributed by atoms with Gasteiger partial charge < -0.3 is 10.8 Å². The van der Waals surface area contributed by atoms with Gasteiger partial charge in [-0.05, 0) is 31.2 Å². The zero-order chi connectivity index (χ0) is 10.8. The highest BCUT2D eigenvalue weighted by Crippen LogP contribution is 2.34. The van der Waals surface area contributed by atoms with E-state index in [0.717, 1.165) is 18.4 Å². The first kappa shape index (κ1) is 13.5. The van der Waals surface area contributed by atoms with Crippen LogP contribution in [0.2, 0.25) is 0 Å². The Kier molecular flexibility index (Phi) is 4.78. The Morgan fingerprint density at radius 3 is 2.56 bits per heavy atom. The van der Waals surface area contributed by atoms with Crippen LogP contribution in [-0.4, -0.2) is 11.2 Å². The van der Waals surface area contributed by atoms with Gasteiger partial charge in [-0.3, -0.25) is 0 Å². The third kappa shape index (κ3) is 2.76. The van der Waals surface area contributed by atoms with E-state index in [0.29, 0.717) is 5.92 Å². The maximum Gasteiger partial charge on any atom is 0.0760 e. The molecule has 0 unspecified atom stereocenters. The van der Waals surface area contributed by atoms with Gasteiger partial charge in [0.15, 0.2) is 0 Å². The number of aliphatic hydroxyl groups excluding tert-OH is 1. The second-order valence-corrected chi connectivity index (χ2v) is 4.62. The number of hydrogen-bond donors (Lipinski definition) is 2. The number of halogens is 1. The van der Waals surface area contributed by atoms with E-state index in [1.807, 2.05) is 25.1 Å². The average Bonchev–Trinajstić information content (AvgIpc) is 2.14. The molecule has 0 spiro atoms. The molecule has 3 N–H and O–H groups in total. The third-order valence-electron chi connectivity index (χ3n) is 3.43.